The number of nitrogens with one attached hydrogen (secondary N) is 2. The van der Waals surface area contributed by atoms with Crippen molar-refractivity contribution in [3.05, 3.63) is 72.4 Å². The zero-order chi connectivity index (χ0) is 21.1. The van der Waals surface area contributed by atoms with Crippen LogP contribution in [0.25, 0.3) is 10.9 Å². The van der Waals surface area contributed by atoms with E-state index >= 15 is 0 Å². The summed E-state index contributed by atoms with van der Waals surface area (Å²) in [5, 5.41) is 7.78. The van der Waals surface area contributed by atoms with E-state index in [4.69, 9.17) is 0 Å². The van der Waals surface area contributed by atoms with Gasteiger partial charge in [0.2, 0.25) is 9.84 Å². The first-order valence-electron chi connectivity index (χ1n) is 9.55. The average molecular weight is 423 g/mol. The maximum absolute atomic E-state index is 12.8. The Kier molecular flexibility index (Phi) is 5.37. The van der Waals surface area contributed by atoms with Gasteiger partial charge in [0.15, 0.2) is 0 Å². The number of nitrogens with zero attached hydrogens (tertiary/aromatic N) is 3. The molecule has 0 aliphatic heterocycles. The van der Waals surface area contributed by atoms with E-state index in [0.717, 1.165) is 22.9 Å². The van der Waals surface area contributed by atoms with E-state index in [1.165, 1.54) is 6.20 Å². The molecule has 0 atom stereocenters. The lowest BCUT2D eigenvalue weighted by Crippen LogP contribution is -2.23. The number of sulfone groups is 1. The summed E-state index contributed by atoms with van der Waals surface area (Å²) in [6, 6.07) is 10.0. The molecule has 0 saturated carbocycles. The molecule has 0 spiro atoms. The molecule has 0 saturated heterocycles. The van der Waals surface area contributed by atoms with Gasteiger partial charge in [-0.05, 0) is 36.2 Å². The number of carbonyl (C=O) groups excluding carboxylic acids is 1. The number of hydrogen-bond donors (Lipinski definition) is 2. The first kappa shape index (κ1) is 19.8. The highest BCUT2D eigenvalue weighted by molar-refractivity contribution is 7.91. The Morgan fingerprint density at radius 2 is 1.93 bits per heavy atom. The van der Waals surface area contributed by atoms with Crippen molar-refractivity contribution >= 4 is 26.6 Å². The molecule has 1 amide bonds. The molecule has 0 fully saturated rings. The Morgan fingerprint density at radius 1 is 1.13 bits per heavy atom. The SMILES string of the molecule is CCCn1cc(S(=O)(=O)c2ccc(CNC(=O)c3cc4cnccc4[nH]3)cc2)cn1. The highest BCUT2D eigenvalue weighted by atomic mass is 32.2. The monoisotopic (exact) mass is 423 g/mol. The quantitative estimate of drug-likeness (QED) is 0.475. The summed E-state index contributed by atoms with van der Waals surface area (Å²) in [5.41, 5.74) is 2.08. The van der Waals surface area contributed by atoms with Gasteiger partial charge in [-0.25, -0.2) is 8.42 Å². The van der Waals surface area contributed by atoms with E-state index in [0.29, 0.717) is 12.2 Å². The van der Waals surface area contributed by atoms with E-state index in [1.54, 1.807) is 59.7 Å². The molecule has 0 aliphatic rings. The molecule has 154 valence electrons. The lowest BCUT2D eigenvalue weighted by atomic mass is 10.2. The van der Waals surface area contributed by atoms with Crippen LogP contribution in [0.2, 0.25) is 0 Å². The minimum atomic E-state index is -3.62. The summed E-state index contributed by atoms with van der Waals surface area (Å²) in [6.45, 7) is 2.95. The standard InChI is InChI=1S/C21H21N5O3S/c1-2-9-26-14-18(13-24-26)30(28,29)17-5-3-15(4-6-17)11-23-21(27)20-10-16-12-22-8-7-19(16)25-20/h3-8,10,12-14,25H,2,9,11H2,1H3,(H,23,27). The second-order valence-corrected chi connectivity index (χ2v) is 8.86. The third-order valence-electron chi connectivity index (χ3n) is 4.72. The Balaban J connectivity index is 1.43. The first-order chi connectivity index (χ1) is 14.5. The summed E-state index contributed by atoms with van der Waals surface area (Å²) in [6.07, 6.45) is 7.13. The van der Waals surface area contributed by atoms with Crippen LogP contribution in [0, 0.1) is 0 Å². The molecular formula is C21H21N5O3S. The fraction of sp³-hybridized carbons (Fsp3) is 0.190. The van der Waals surface area contributed by atoms with Gasteiger partial charge in [-0.1, -0.05) is 19.1 Å². The van der Waals surface area contributed by atoms with Gasteiger partial charge >= 0.3 is 0 Å². The number of hydrogen-bond acceptors (Lipinski definition) is 5. The molecular weight excluding hydrogens is 402 g/mol. The number of rotatable bonds is 7. The van der Waals surface area contributed by atoms with Gasteiger partial charge in [0.25, 0.3) is 5.91 Å². The van der Waals surface area contributed by atoms with Gasteiger partial charge < -0.3 is 10.3 Å². The van der Waals surface area contributed by atoms with Crippen molar-refractivity contribution in [1.82, 2.24) is 25.1 Å². The molecule has 3 aromatic heterocycles. The van der Waals surface area contributed by atoms with Crippen LogP contribution in [0.4, 0.5) is 0 Å². The van der Waals surface area contributed by atoms with Gasteiger partial charge in [-0.3, -0.25) is 14.5 Å². The number of fused-ring (bicyclic) bond motifs is 1. The minimum absolute atomic E-state index is 0.172. The van der Waals surface area contributed by atoms with Gasteiger partial charge in [0.1, 0.15) is 10.6 Å². The topological polar surface area (TPSA) is 110 Å². The summed E-state index contributed by atoms with van der Waals surface area (Å²) < 4.78 is 27.2. The van der Waals surface area contributed by atoms with Gasteiger partial charge in [-0.15, -0.1) is 0 Å². The van der Waals surface area contributed by atoms with Crippen molar-refractivity contribution in [2.45, 2.75) is 36.2 Å². The van der Waals surface area contributed by atoms with Crippen LogP contribution in [-0.2, 0) is 22.9 Å². The zero-order valence-electron chi connectivity index (χ0n) is 16.4. The molecule has 8 nitrogen and oxygen atoms in total. The Morgan fingerprint density at radius 3 is 2.67 bits per heavy atom. The molecule has 3 heterocycles. The van der Waals surface area contributed by atoms with Crippen LogP contribution in [0.15, 0.2) is 71.0 Å². The lowest BCUT2D eigenvalue weighted by Gasteiger charge is -2.06. The number of pyridine rings is 1. The maximum atomic E-state index is 12.8. The molecule has 4 aromatic rings. The number of amides is 1. The van der Waals surface area contributed by atoms with Gasteiger partial charge in [0.05, 0.1) is 11.1 Å². The smallest absolute Gasteiger partial charge is 0.267 e. The second kappa shape index (κ2) is 8.11. The Bertz CT molecular complexity index is 1260. The van der Waals surface area contributed by atoms with Crippen LogP contribution in [0.5, 0.6) is 0 Å². The molecule has 2 N–H and O–H groups in total. The van der Waals surface area contributed by atoms with Crippen molar-refractivity contribution in [2.75, 3.05) is 0 Å². The van der Waals surface area contributed by atoms with Crippen LogP contribution in [-0.4, -0.2) is 34.1 Å². The second-order valence-electron chi connectivity index (χ2n) is 6.92. The molecule has 1 aromatic carbocycles. The zero-order valence-corrected chi connectivity index (χ0v) is 17.2. The highest BCUT2D eigenvalue weighted by Crippen LogP contribution is 2.21. The highest BCUT2D eigenvalue weighted by Gasteiger charge is 2.19. The predicted molar refractivity (Wildman–Crippen MR) is 112 cm³/mol. The molecule has 0 bridgehead atoms. The van der Waals surface area contributed by atoms with Crippen molar-refractivity contribution in [3.63, 3.8) is 0 Å². The van der Waals surface area contributed by atoms with Gasteiger partial charge in [-0.2, -0.15) is 5.10 Å². The fourth-order valence-corrected chi connectivity index (χ4v) is 4.34. The number of carbonyl (C=O) groups is 1. The molecule has 0 radical (unpaired) electrons. The molecule has 4 rings (SSSR count). The van der Waals surface area contributed by atoms with E-state index in [-0.39, 0.29) is 22.2 Å². The summed E-state index contributed by atoms with van der Waals surface area (Å²) in [7, 11) is -3.62. The molecule has 0 unspecified atom stereocenters. The third-order valence-corrected chi connectivity index (χ3v) is 6.45. The number of H-pyrrole nitrogens is 1. The molecule has 0 aliphatic carbocycles. The van der Waals surface area contributed by atoms with E-state index in [1.807, 2.05) is 6.92 Å². The maximum Gasteiger partial charge on any atom is 0.267 e. The third kappa shape index (κ3) is 3.97. The normalized spacial score (nSPS) is 11.6. The number of benzene rings is 1. The largest absolute Gasteiger partial charge is 0.350 e. The van der Waals surface area contributed by atoms with Crippen molar-refractivity contribution in [1.29, 1.82) is 0 Å². The van der Waals surface area contributed by atoms with Crippen molar-refractivity contribution < 1.29 is 13.2 Å². The molecule has 9 heteroatoms. The Hall–Kier alpha value is -3.46. The molecule has 30 heavy (non-hydrogen) atoms. The average Bonchev–Trinajstić information content (AvgIpc) is 3.40. The van der Waals surface area contributed by atoms with E-state index in [9.17, 15) is 13.2 Å². The Labute approximate surface area is 173 Å². The van der Waals surface area contributed by atoms with Crippen molar-refractivity contribution in [2.24, 2.45) is 0 Å². The fourth-order valence-electron chi connectivity index (χ4n) is 3.13. The first-order valence-corrected chi connectivity index (χ1v) is 11.0. The van der Waals surface area contributed by atoms with E-state index in [2.05, 4.69) is 20.4 Å². The van der Waals surface area contributed by atoms with Gasteiger partial charge in [0, 0.05) is 42.6 Å². The summed E-state index contributed by atoms with van der Waals surface area (Å²) in [4.78, 5) is 19.8. The lowest BCUT2D eigenvalue weighted by molar-refractivity contribution is 0.0946. The number of aromatic nitrogens is 4. The van der Waals surface area contributed by atoms with E-state index < -0.39 is 9.84 Å². The summed E-state index contributed by atoms with van der Waals surface area (Å²) in [5.74, 6) is -0.244. The summed E-state index contributed by atoms with van der Waals surface area (Å²) >= 11 is 0. The van der Waals surface area contributed by atoms with Crippen LogP contribution < -0.4 is 5.32 Å². The minimum Gasteiger partial charge on any atom is -0.350 e. The van der Waals surface area contributed by atoms with Crippen LogP contribution in [0.3, 0.4) is 0 Å². The van der Waals surface area contributed by atoms with Crippen LogP contribution >= 0.6 is 0 Å². The number of aromatic amines is 1. The predicted octanol–water partition coefficient (Wildman–Crippen LogP) is 2.93. The van der Waals surface area contributed by atoms with Crippen LogP contribution in [0.1, 0.15) is 29.4 Å². The van der Waals surface area contributed by atoms with Crippen molar-refractivity contribution in [3.8, 4) is 0 Å². The number of aryl methyl sites for hydroxylation is 1.